The number of aryl methyl sites for hydroxylation is 1. The molecule has 1 aromatic heterocycles. The van der Waals surface area contributed by atoms with E-state index < -0.39 is 40.1 Å². The second-order valence-electron chi connectivity index (χ2n) is 10.0. The molecule has 10 nitrogen and oxygen atoms in total. The van der Waals surface area contributed by atoms with Crippen molar-refractivity contribution in [1.82, 2.24) is 14.6 Å². The summed E-state index contributed by atoms with van der Waals surface area (Å²) >= 11 is 0.928. The van der Waals surface area contributed by atoms with Crippen LogP contribution in [-0.2, 0) is 21.4 Å². The predicted molar refractivity (Wildman–Crippen MR) is 147 cm³/mol. The van der Waals surface area contributed by atoms with Gasteiger partial charge in [-0.2, -0.15) is 4.31 Å². The molecule has 2 fully saturated rings. The highest BCUT2D eigenvalue weighted by Crippen LogP contribution is 2.40. The molecule has 1 saturated heterocycles. The molecule has 1 aliphatic heterocycles. The van der Waals surface area contributed by atoms with E-state index >= 15 is 0 Å². The molecular weight excluding hydrogens is 597 g/mol. The van der Waals surface area contributed by atoms with Crippen molar-refractivity contribution in [3.8, 4) is 5.75 Å². The summed E-state index contributed by atoms with van der Waals surface area (Å²) in [6.45, 7) is 1.53. The third-order valence-corrected chi connectivity index (χ3v) is 10.2. The van der Waals surface area contributed by atoms with Gasteiger partial charge in [-0.25, -0.2) is 18.2 Å². The van der Waals surface area contributed by atoms with Crippen LogP contribution < -0.4 is 15.0 Å². The van der Waals surface area contributed by atoms with E-state index in [0.29, 0.717) is 16.7 Å². The first-order valence-electron chi connectivity index (χ1n) is 13.0. The van der Waals surface area contributed by atoms with Crippen LogP contribution >= 0.6 is 11.3 Å². The minimum atomic E-state index is -4.94. The molecular formula is C27H27F3N4O6S2. The first-order valence-corrected chi connectivity index (χ1v) is 15.3. The van der Waals surface area contributed by atoms with E-state index in [1.54, 1.807) is 11.8 Å². The van der Waals surface area contributed by atoms with Gasteiger partial charge in [0.15, 0.2) is 5.13 Å². The van der Waals surface area contributed by atoms with Gasteiger partial charge in [0.05, 0.1) is 10.6 Å². The maximum absolute atomic E-state index is 13.6. The summed E-state index contributed by atoms with van der Waals surface area (Å²) in [4.78, 5) is 30.8. The minimum Gasteiger partial charge on any atom is -0.477 e. The van der Waals surface area contributed by atoms with Crippen molar-refractivity contribution in [3.05, 3.63) is 70.2 Å². The molecule has 2 N–H and O–H groups in total. The van der Waals surface area contributed by atoms with E-state index in [0.717, 1.165) is 58.3 Å². The molecule has 15 heteroatoms. The average Bonchev–Trinajstić information content (AvgIpc) is 3.71. The molecule has 224 valence electrons. The van der Waals surface area contributed by atoms with E-state index in [1.807, 2.05) is 24.3 Å². The number of alkyl halides is 3. The SMILES string of the molecule is Cc1nc(N2CCN(S(=O)(=O)c3ccc(OC(F)(F)F)cc3)C(C(=O)NCc3ccc(C4CC4)cc3)C2)sc1C(=O)O. The Labute approximate surface area is 243 Å². The summed E-state index contributed by atoms with van der Waals surface area (Å²) in [5, 5.41) is 12.6. The number of aromatic carboxylic acids is 1. The van der Waals surface area contributed by atoms with Gasteiger partial charge in [0.1, 0.15) is 16.7 Å². The number of hydrogen-bond donors (Lipinski definition) is 2. The maximum Gasteiger partial charge on any atom is 0.573 e. The van der Waals surface area contributed by atoms with Crippen LogP contribution in [0, 0.1) is 6.92 Å². The van der Waals surface area contributed by atoms with Crippen LogP contribution in [0.5, 0.6) is 5.75 Å². The highest BCUT2D eigenvalue weighted by molar-refractivity contribution is 7.89. The smallest absolute Gasteiger partial charge is 0.477 e. The van der Waals surface area contributed by atoms with Crippen LogP contribution in [0.3, 0.4) is 0 Å². The lowest BCUT2D eigenvalue weighted by Gasteiger charge is -2.39. The first kappa shape index (κ1) is 29.8. The van der Waals surface area contributed by atoms with E-state index in [1.165, 1.54) is 5.56 Å². The van der Waals surface area contributed by atoms with Crippen molar-refractivity contribution >= 4 is 38.4 Å². The average molecular weight is 625 g/mol. The summed E-state index contributed by atoms with van der Waals surface area (Å²) in [6, 6.07) is 10.4. The number of amides is 1. The number of thiazole rings is 1. The van der Waals surface area contributed by atoms with Crippen LogP contribution in [-0.4, -0.2) is 66.7 Å². The Morgan fingerprint density at radius 3 is 2.33 bits per heavy atom. The van der Waals surface area contributed by atoms with E-state index in [9.17, 15) is 36.3 Å². The molecule has 1 unspecified atom stereocenters. The number of carbonyl (C=O) groups is 2. The molecule has 1 aliphatic carbocycles. The highest BCUT2D eigenvalue weighted by atomic mass is 32.2. The van der Waals surface area contributed by atoms with E-state index in [-0.39, 0.29) is 36.0 Å². The molecule has 1 atom stereocenters. The van der Waals surface area contributed by atoms with Gasteiger partial charge in [0, 0.05) is 26.2 Å². The van der Waals surface area contributed by atoms with Crippen LogP contribution in [0.4, 0.5) is 18.3 Å². The zero-order valence-electron chi connectivity index (χ0n) is 22.3. The molecule has 2 aromatic carbocycles. The topological polar surface area (TPSA) is 129 Å². The molecule has 0 radical (unpaired) electrons. The van der Waals surface area contributed by atoms with Crippen LogP contribution in [0.15, 0.2) is 53.4 Å². The van der Waals surface area contributed by atoms with Crippen molar-refractivity contribution in [2.75, 3.05) is 24.5 Å². The zero-order valence-corrected chi connectivity index (χ0v) is 23.9. The monoisotopic (exact) mass is 624 g/mol. The Morgan fingerprint density at radius 2 is 1.76 bits per heavy atom. The molecule has 1 amide bonds. The number of hydrogen-bond acceptors (Lipinski definition) is 8. The minimum absolute atomic E-state index is 0.0388. The van der Waals surface area contributed by atoms with Crippen molar-refractivity contribution in [1.29, 1.82) is 0 Å². The Balaban J connectivity index is 1.38. The van der Waals surface area contributed by atoms with Gasteiger partial charge in [-0.1, -0.05) is 35.6 Å². The van der Waals surface area contributed by atoms with Gasteiger partial charge < -0.3 is 20.1 Å². The number of anilines is 1. The number of carboxylic acid groups (broad SMARTS) is 1. The van der Waals surface area contributed by atoms with Gasteiger partial charge in [0.2, 0.25) is 15.9 Å². The third kappa shape index (κ3) is 6.68. The lowest BCUT2D eigenvalue weighted by atomic mass is 10.1. The third-order valence-electron chi connectivity index (χ3n) is 7.04. The number of nitrogens with zero attached hydrogens (tertiary/aromatic N) is 3. The fourth-order valence-corrected chi connectivity index (χ4v) is 7.25. The van der Waals surface area contributed by atoms with Crippen molar-refractivity contribution in [2.24, 2.45) is 0 Å². The van der Waals surface area contributed by atoms with Crippen molar-refractivity contribution < 1.29 is 41.0 Å². The molecule has 5 rings (SSSR count). The van der Waals surface area contributed by atoms with Crippen LogP contribution in [0.25, 0.3) is 0 Å². The van der Waals surface area contributed by atoms with Crippen molar-refractivity contribution in [3.63, 3.8) is 0 Å². The lowest BCUT2D eigenvalue weighted by molar-refractivity contribution is -0.274. The molecule has 2 aliphatic rings. The normalized spacial score (nSPS) is 18.1. The van der Waals surface area contributed by atoms with Crippen molar-refractivity contribution in [2.45, 2.75) is 49.5 Å². The molecule has 2 heterocycles. The summed E-state index contributed by atoms with van der Waals surface area (Å²) < 4.78 is 69.8. The number of aromatic nitrogens is 1. The number of sulfonamides is 1. The summed E-state index contributed by atoms with van der Waals surface area (Å²) in [6.07, 6.45) is -2.63. The standard InChI is InChI=1S/C27H27F3N4O6S2/c1-16-23(25(36)37)41-26(32-16)33-12-13-34(42(38,39)21-10-8-20(9-11-21)40-27(28,29)30)22(15-33)24(35)31-14-17-2-4-18(5-3-17)19-6-7-19/h2-5,8-11,19,22H,6-7,12-15H2,1H3,(H,31,35)(H,36,37). The second kappa shape index (κ2) is 11.5. The second-order valence-corrected chi connectivity index (χ2v) is 12.9. The highest BCUT2D eigenvalue weighted by Gasteiger charge is 2.41. The van der Waals surface area contributed by atoms with Gasteiger partial charge in [-0.15, -0.1) is 13.2 Å². The summed E-state index contributed by atoms with van der Waals surface area (Å²) in [5.41, 5.74) is 2.36. The van der Waals surface area contributed by atoms with Gasteiger partial charge in [-0.05, 0) is 61.1 Å². The Bertz CT molecular complexity index is 1570. The van der Waals surface area contributed by atoms with E-state index in [2.05, 4.69) is 15.0 Å². The van der Waals surface area contributed by atoms with E-state index in [4.69, 9.17) is 0 Å². The number of carbonyl (C=O) groups excluding carboxylic acids is 1. The number of benzene rings is 2. The Kier molecular flexibility index (Phi) is 8.18. The number of nitrogens with one attached hydrogen (secondary N) is 1. The fraction of sp³-hybridized carbons (Fsp3) is 0.370. The summed E-state index contributed by atoms with van der Waals surface area (Å²) in [7, 11) is -4.33. The van der Waals surface area contributed by atoms with Crippen LogP contribution in [0.2, 0.25) is 0 Å². The first-order chi connectivity index (χ1) is 19.8. The number of piperazine rings is 1. The summed E-state index contributed by atoms with van der Waals surface area (Å²) in [5.74, 6) is -1.73. The van der Waals surface area contributed by atoms with Gasteiger partial charge >= 0.3 is 12.3 Å². The maximum atomic E-state index is 13.6. The zero-order chi connectivity index (χ0) is 30.2. The lowest BCUT2D eigenvalue weighted by Crippen LogP contribution is -2.60. The molecule has 0 bridgehead atoms. The fourth-order valence-electron chi connectivity index (χ4n) is 4.74. The number of ether oxygens (including phenoxy) is 1. The Hall–Kier alpha value is -3.69. The Morgan fingerprint density at radius 1 is 1.10 bits per heavy atom. The number of carboxylic acids is 1. The largest absolute Gasteiger partial charge is 0.573 e. The molecule has 0 spiro atoms. The number of halogens is 3. The van der Waals surface area contributed by atoms with Gasteiger partial charge in [0.25, 0.3) is 0 Å². The van der Waals surface area contributed by atoms with Crippen LogP contribution in [0.1, 0.15) is 45.3 Å². The number of rotatable bonds is 9. The molecule has 42 heavy (non-hydrogen) atoms. The molecule has 1 saturated carbocycles. The molecule has 3 aromatic rings. The quantitative estimate of drug-likeness (QED) is 0.364. The van der Waals surface area contributed by atoms with Gasteiger partial charge in [-0.3, -0.25) is 4.79 Å². The predicted octanol–water partition coefficient (Wildman–Crippen LogP) is 4.12.